The Morgan fingerprint density at radius 1 is 1.07 bits per heavy atom. The Morgan fingerprint density at radius 2 is 1.79 bits per heavy atom. The van der Waals surface area contributed by atoms with E-state index in [0.717, 1.165) is 11.1 Å². The van der Waals surface area contributed by atoms with E-state index in [1.165, 1.54) is 12.1 Å². The van der Waals surface area contributed by atoms with Gasteiger partial charge in [0.2, 0.25) is 5.43 Å². The molecule has 136 valence electrons. The molecule has 3 N–H and O–H groups in total. The van der Waals surface area contributed by atoms with E-state index >= 15 is 0 Å². The van der Waals surface area contributed by atoms with E-state index in [-0.39, 0.29) is 22.6 Å². The van der Waals surface area contributed by atoms with Crippen LogP contribution in [0, 0.1) is 18.3 Å². The topological polar surface area (TPSA) is 123 Å². The predicted molar refractivity (Wildman–Crippen MR) is 104 cm³/mol. The van der Waals surface area contributed by atoms with Crippen LogP contribution in [0.1, 0.15) is 11.3 Å². The van der Waals surface area contributed by atoms with Gasteiger partial charge in [0.05, 0.1) is 11.9 Å². The summed E-state index contributed by atoms with van der Waals surface area (Å²) in [4.78, 5) is 24.1. The summed E-state index contributed by atoms with van der Waals surface area (Å²) in [6, 6.07) is 13.5. The van der Waals surface area contributed by atoms with Crippen LogP contribution in [-0.4, -0.2) is 25.2 Å². The van der Waals surface area contributed by atoms with Gasteiger partial charge >= 0.3 is 0 Å². The van der Waals surface area contributed by atoms with E-state index in [9.17, 15) is 15.0 Å². The molecule has 4 rings (SSSR count). The van der Waals surface area contributed by atoms with Gasteiger partial charge in [-0.05, 0) is 24.6 Å². The maximum Gasteiger partial charge on any atom is 0.227 e. The first-order valence-electron chi connectivity index (χ1n) is 8.40. The highest BCUT2D eigenvalue weighted by Gasteiger charge is 2.13. The third-order valence-corrected chi connectivity index (χ3v) is 4.48. The van der Waals surface area contributed by atoms with Crippen LogP contribution in [-0.2, 0) is 0 Å². The standard InChI is InChI=1S/C21H14N4O3/c1-11-16(9-22)20(28)19-21(24-11)23-10-17(25-19)13-4-2-12(3-5-13)15-7-6-14(26)8-18(15)27/h2-8,10,26-27H,1H3,(H,23,24,28). The molecule has 0 unspecified atom stereocenters. The van der Waals surface area contributed by atoms with Crippen LogP contribution < -0.4 is 5.43 Å². The number of aromatic hydroxyl groups is 2. The first-order chi connectivity index (χ1) is 13.5. The summed E-state index contributed by atoms with van der Waals surface area (Å²) in [6.45, 7) is 1.65. The van der Waals surface area contributed by atoms with Gasteiger partial charge < -0.3 is 15.2 Å². The summed E-state index contributed by atoms with van der Waals surface area (Å²) in [5.41, 5.74) is 3.04. The number of rotatable bonds is 2. The second-order valence-electron chi connectivity index (χ2n) is 6.30. The minimum atomic E-state index is -0.450. The van der Waals surface area contributed by atoms with Crippen LogP contribution >= 0.6 is 0 Å². The number of fused-ring (bicyclic) bond motifs is 1. The fourth-order valence-corrected chi connectivity index (χ4v) is 3.03. The third-order valence-electron chi connectivity index (χ3n) is 4.48. The lowest BCUT2D eigenvalue weighted by Gasteiger charge is -2.08. The van der Waals surface area contributed by atoms with Crippen LogP contribution in [0.15, 0.2) is 53.5 Å². The Kier molecular flexibility index (Phi) is 4.02. The third kappa shape index (κ3) is 2.83. The molecular formula is C21H14N4O3. The van der Waals surface area contributed by atoms with E-state index in [0.29, 0.717) is 22.6 Å². The lowest BCUT2D eigenvalue weighted by Crippen LogP contribution is -2.13. The molecule has 0 fully saturated rings. The van der Waals surface area contributed by atoms with Crippen LogP contribution in [0.25, 0.3) is 33.5 Å². The monoisotopic (exact) mass is 370 g/mol. The van der Waals surface area contributed by atoms with Gasteiger partial charge in [0.15, 0.2) is 11.2 Å². The van der Waals surface area contributed by atoms with E-state index < -0.39 is 5.43 Å². The largest absolute Gasteiger partial charge is 0.508 e. The number of aryl methyl sites for hydroxylation is 1. The molecule has 2 aromatic carbocycles. The number of H-pyrrole nitrogens is 1. The van der Waals surface area contributed by atoms with Gasteiger partial charge in [-0.15, -0.1) is 0 Å². The molecule has 2 heterocycles. The smallest absolute Gasteiger partial charge is 0.227 e. The van der Waals surface area contributed by atoms with Crippen molar-refractivity contribution in [1.82, 2.24) is 15.0 Å². The summed E-state index contributed by atoms with van der Waals surface area (Å²) in [7, 11) is 0. The number of hydrogen-bond acceptors (Lipinski definition) is 6. The van der Waals surface area contributed by atoms with Crippen molar-refractivity contribution in [2.75, 3.05) is 0 Å². The Labute approximate surface area is 159 Å². The number of nitrogens with zero attached hydrogens (tertiary/aromatic N) is 3. The molecule has 0 spiro atoms. The maximum atomic E-state index is 12.5. The molecule has 0 radical (unpaired) electrons. The Morgan fingerprint density at radius 3 is 2.46 bits per heavy atom. The van der Waals surface area contributed by atoms with Crippen molar-refractivity contribution in [3.63, 3.8) is 0 Å². The van der Waals surface area contributed by atoms with Crippen molar-refractivity contribution < 1.29 is 10.2 Å². The van der Waals surface area contributed by atoms with E-state index in [4.69, 9.17) is 5.26 Å². The highest BCUT2D eigenvalue weighted by molar-refractivity contribution is 5.77. The number of hydrogen-bond donors (Lipinski definition) is 3. The van der Waals surface area contributed by atoms with Crippen molar-refractivity contribution in [3.05, 3.63) is 70.1 Å². The molecule has 0 saturated carbocycles. The fourth-order valence-electron chi connectivity index (χ4n) is 3.03. The van der Waals surface area contributed by atoms with Crippen LogP contribution in [0.2, 0.25) is 0 Å². The Bertz CT molecular complexity index is 1320. The molecule has 28 heavy (non-hydrogen) atoms. The summed E-state index contributed by atoms with van der Waals surface area (Å²) in [5.74, 6) is -0.0364. The molecule has 0 bridgehead atoms. The Balaban J connectivity index is 1.78. The zero-order chi connectivity index (χ0) is 19.8. The predicted octanol–water partition coefficient (Wildman–Crippen LogP) is 3.24. The summed E-state index contributed by atoms with van der Waals surface area (Å²) in [5, 5.41) is 28.6. The molecule has 0 aliphatic heterocycles. The van der Waals surface area contributed by atoms with Crippen LogP contribution in [0.4, 0.5) is 0 Å². The molecule has 2 aromatic heterocycles. The molecule has 0 aliphatic rings. The van der Waals surface area contributed by atoms with Gasteiger partial charge in [-0.25, -0.2) is 9.97 Å². The first kappa shape index (κ1) is 17.2. The second-order valence-corrected chi connectivity index (χ2v) is 6.30. The van der Waals surface area contributed by atoms with E-state index in [1.807, 2.05) is 6.07 Å². The van der Waals surface area contributed by atoms with Gasteiger partial charge in [-0.3, -0.25) is 4.79 Å². The van der Waals surface area contributed by atoms with E-state index in [1.54, 1.807) is 43.5 Å². The minimum Gasteiger partial charge on any atom is -0.508 e. The zero-order valence-electron chi connectivity index (χ0n) is 14.8. The average molecular weight is 370 g/mol. The highest BCUT2D eigenvalue weighted by Crippen LogP contribution is 2.33. The number of phenolic OH excluding ortho intramolecular Hbond substituents is 2. The zero-order valence-corrected chi connectivity index (χ0v) is 14.8. The van der Waals surface area contributed by atoms with Gasteiger partial charge in [0.25, 0.3) is 0 Å². The quantitative estimate of drug-likeness (QED) is 0.498. The van der Waals surface area contributed by atoms with Crippen molar-refractivity contribution in [3.8, 4) is 40.0 Å². The molecule has 7 nitrogen and oxygen atoms in total. The SMILES string of the molecule is Cc1[nH]c2ncc(-c3ccc(-c4ccc(O)cc4O)cc3)nc2c(=O)c1C#N. The first-order valence-corrected chi connectivity index (χ1v) is 8.40. The molecular weight excluding hydrogens is 356 g/mol. The molecule has 0 amide bonds. The normalized spacial score (nSPS) is 10.7. The number of nitriles is 1. The number of aromatic amines is 1. The van der Waals surface area contributed by atoms with Crippen LogP contribution in [0.5, 0.6) is 11.5 Å². The van der Waals surface area contributed by atoms with Crippen molar-refractivity contribution >= 4 is 11.2 Å². The minimum absolute atomic E-state index is 0.0125. The van der Waals surface area contributed by atoms with Crippen molar-refractivity contribution in [1.29, 1.82) is 5.26 Å². The van der Waals surface area contributed by atoms with Gasteiger partial charge in [-0.2, -0.15) is 5.26 Å². The lowest BCUT2D eigenvalue weighted by molar-refractivity contribution is 0.452. The second kappa shape index (κ2) is 6.52. The number of nitrogens with one attached hydrogen (secondary N) is 1. The lowest BCUT2D eigenvalue weighted by atomic mass is 10.0. The van der Waals surface area contributed by atoms with Gasteiger partial charge in [0, 0.05) is 22.9 Å². The molecule has 0 aliphatic carbocycles. The number of benzene rings is 2. The molecule has 7 heteroatoms. The number of pyridine rings is 1. The highest BCUT2D eigenvalue weighted by atomic mass is 16.3. The molecule has 4 aromatic rings. The van der Waals surface area contributed by atoms with Gasteiger partial charge in [-0.1, -0.05) is 24.3 Å². The average Bonchev–Trinajstić information content (AvgIpc) is 2.68. The van der Waals surface area contributed by atoms with Crippen molar-refractivity contribution in [2.24, 2.45) is 0 Å². The number of aromatic nitrogens is 3. The maximum absolute atomic E-state index is 12.5. The van der Waals surface area contributed by atoms with Crippen LogP contribution in [0.3, 0.4) is 0 Å². The number of phenols is 2. The van der Waals surface area contributed by atoms with Crippen molar-refractivity contribution in [2.45, 2.75) is 6.92 Å². The summed E-state index contributed by atoms with van der Waals surface area (Å²) >= 11 is 0. The summed E-state index contributed by atoms with van der Waals surface area (Å²) < 4.78 is 0. The Hall–Kier alpha value is -4.18. The van der Waals surface area contributed by atoms with Gasteiger partial charge in [0.1, 0.15) is 23.1 Å². The molecule has 0 saturated heterocycles. The fraction of sp³-hybridized carbons (Fsp3) is 0.0476. The molecule has 0 atom stereocenters. The van der Waals surface area contributed by atoms with E-state index in [2.05, 4.69) is 15.0 Å². The summed E-state index contributed by atoms with van der Waals surface area (Å²) in [6.07, 6.45) is 1.55.